The maximum Gasteiger partial charge on any atom is 0.210 e. The molecule has 0 spiro atoms. The Hall–Kier alpha value is -2.92. The number of aromatic amines is 1. The lowest BCUT2D eigenvalue weighted by atomic mass is 10.1. The number of thiocarbonyl (C=S) groups is 1. The molecule has 0 unspecified atom stereocenters. The molecule has 4 rings (SSSR count). The quantitative estimate of drug-likeness (QED) is 0.548. The molecule has 0 bridgehead atoms. The van der Waals surface area contributed by atoms with Crippen LogP contribution in [0.3, 0.4) is 0 Å². The smallest absolute Gasteiger partial charge is 0.210 e. The van der Waals surface area contributed by atoms with E-state index in [1.54, 1.807) is 0 Å². The van der Waals surface area contributed by atoms with Gasteiger partial charge in [-0.25, -0.2) is 4.98 Å². The van der Waals surface area contributed by atoms with Gasteiger partial charge in [0.15, 0.2) is 5.11 Å². The molecule has 0 atom stereocenters. The number of rotatable bonds is 4. The number of nitrogens with zero attached hydrogens (tertiary/aromatic N) is 2. The first-order chi connectivity index (χ1) is 12.2. The molecule has 4 aromatic rings. The van der Waals surface area contributed by atoms with Crippen molar-refractivity contribution in [1.82, 2.24) is 9.97 Å². The number of aromatic nitrogens is 2. The minimum absolute atomic E-state index is 0.319. The van der Waals surface area contributed by atoms with Gasteiger partial charge in [-0.3, -0.25) is 4.90 Å². The average Bonchev–Trinajstić information content (AvgIpc) is 3.05. The van der Waals surface area contributed by atoms with Crippen molar-refractivity contribution in [3.63, 3.8) is 0 Å². The molecule has 0 amide bonds. The summed E-state index contributed by atoms with van der Waals surface area (Å²) in [6.45, 7) is 0.674. The zero-order valence-electron chi connectivity index (χ0n) is 13.6. The number of nitrogens with one attached hydrogen (secondary N) is 1. The Labute approximate surface area is 151 Å². The molecule has 4 nitrogen and oxygen atoms in total. The zero-order chi connectivity index (χ0) is 17.2. The van der Waals surface area contributed by atoms with Crippen molar-refractivity contribution in [2.45, 2.75) is 6.42 Å². The van der Waals surface area contributed by atoms with Crippen molar-refractivity contribution in [3.05, 3.63) is 72.3 Å². The normalized spacial score (nSPS) is 11.0. The topological polar surface area (TPSA) is 57.9 Å². The van der Waals surface area contributed by atoms with E-state index in [0.29, 0.717) is 17.6 Å². The highest BCUT2D eigenvalue weighted by atomic mass is 32.1. The van der Waals surface area contributed by atoms with Gasteiger partial charge in [0, 0.05) is 6.54 Å². The van der Waals surface area contributed by atoms with Gasteiger partial charge in [0.05, 0.1) is 11.0 Å². The van der Waals surface area contributed by atoms with E-state index in [-0.39, 0.29) is 0 Å². The molecule has 0 saturated carbocycles. The minimum Gasteiger partial charge on any atom is -0.376 e. The maximum atomic E-state index is 5.94. The summed E-state index contributed by atoms with van der Waals surface area (Å²) in [5, 5.41) is 2.81. The van der Waals surface area contributed by atoms with Crippen molar-refractivity contribution in [1.29, 1.82) is 0 Å². The molecule has 3 aromatic carbocycles. The fraction of sp³-hybridized carbons (Fsp3) is 0.100. The van der Waals surface area contributed by atoms with Gasteiger partial charge in [-0.2, -0.15) is 0 Å². The average molecular weight is 346 g/mol. The highest BCUT2D eigenvalue weighted by Crippen LogP contribution is 2.19. The summed E-state index contributed by atoms with van der Waals surface area (Å²) < 4.78 is 0. The fourth-order valence-corrected chi connectivity index (χ4v) is 3.20. The number of imidazole rings is 1. The van der Waals surface area contributed by atoms with Gasteiger partial charge >= 0.3 is 0 Å². The first-order valence-corrected chi connectivity index (χ1v) is 8.61. The molecule has 1 heterocycles. The van der Waals surface area contributed by atoms with Crippen LogP contribution in [0.4, 0.5) is 5.95 Å². The van der Waals surface area contributed by atoms with E-state index in [1.807, 2.05) is 29.2 Å². The van der Waals surface area contributed by atoms with Crippen molar-refractivity contribution in [3.8, 4) is 0 Å². The van der Waals surface area contributed by atoms with Crippen LogP contribution in [0.2, 0.25) is 0 Å². The van der Waals surface area contributed by atoms with Crippen LogP contribution >= 0.6 is 12.2 Å². The number of anilines is 1. The first-order valence-electron chi connectivity index (χ1n) is 8.20. The molecule has 25 heavy (non-hydrogen) atoms. The van der Waals surface area contributed by atoms with Crippen LogP contribution in [0.5, 0.6) is 0 Å². The Morgan fingerprint density at radius 2 is 1.76 bits per heavy atom. The number of para-hydroxylation sites is 2. The molecule has 5 heteroatoms. The van der Waals surface area contributed by atoms with Crippen LogP contribution in [0.25, 0.3) is 21.8 Å². The van der Waals surface area contributed by atoms with Crippen LogP contribution < -0.4 is 10.6 Å². The third kappa shape index (κ3) is 3.19. The molecular formula is C20H18N4S. The molecule has 0 radical (unpaired) electrons. The lowest BCUT2D eigenvalue weighted by molar-refractivity contribution is 0.911. The van der Waals surface area contributed by atoms with Crippen LogP contribution in [-0.2, 0) is 6.42 Å². The van der Waals surface area contributed by atoms with Gasteiger partial charge < -0.3 is 10.7 Å². The summed E-state index contributed by atoms with van der Waals surface area (Å²) in [7, 11) is 0. The molecule has 1 aromatic heterocycles. The summed E-state index contributed by atoms with van der Waals surface area (Å²) in [6.07, 6.45) is 0.833. The Kier molecular flexibility index (Phi) is 4.07. The fourth-order valence-electron chi connectivity index (χ4n) is 3.02. The van der Waals surface area contributed by atoms with E-state index in [2.05, 4.69) is 52.4 Å². The van der Waals surface area contributed by atoms with E-state index in [9.17, 15) is 0 Å². The van der Waals surface area contributed by atoms with Crippen LogP contribution in [0.1, 0.15) is 5.56 Å². The molecule has 0 saturated heterocycles. The Morgan fingerprint density at radius 1 is 1.00 bits per heavy atom. The van der Waals surface area contributed by atoms with E-state index in [1.165, 1.54) is 16.3 Å². The minimum atomic E-state index is 0.319. The lowest BCUT2D eigenvalue weighted by Crippen LogP contribution is -2.37. The Balaban J connectivity index is 1.58. The SMILES string of the molecule is NC(=S)N(CCc1ccc2ccccc2c1)c1nc2ccccc2[nH]1. The second kappa shape index (κ2) is 6.53. The van der Waals surface area contributed by atoms with Gasteiger partial charge in [-0.15, -0.1) is 0 Å². The van der Waals surface area contributed by atoms with Gasteiger partial charge in [-0.05, 0) is 47.1 Å². The predicted octanol–water partition coefficient (Wildman–Crippen LogP) is 4.01. The molecule has 0 aliphatic heterocycles. The largest absolute Gasteiger partial charge is 0.376 e. The summed E-state index contributed by atoms with van der Waals surface area (Å²) in [4.78, 5) is 9.74. The summed E-state index contributed by atoms with van der Waals surface area (Å²) in [5.41, 5.74) is 9.07. The Morgan fingerprint density at radius 3 is 2.56 bits per heavy atom. The molecule has 3 N–H and O–H groups in total. The van der Waals surface area contributed by atoms with Gasteiger partial charge in [-0.1, -0.05) is 54.6 Å². The van der Waals surface area contributed by atoms with Crippen LogP contribution in [-0.4, -0.2) is 21.6 Å². The highest BCUT2D eigenvalue weighted by Gasteiger charge is 2.14. The van der Waals surface area contributed by atoms with Gasteiger partial charge in [0.2, 0.25) is 5.95 Å². The number of hydrogen-bond acceptors (Lipinski definition) is 2. The summed E-state index contributed by atoms with van der Waals surface area (Å²) >= 11 is 5.24. The molecule has 124 valence electrons. The monoisotopic (exact) mass is 346 g/mol. The number of benzene rings is 3. The number of nitrogens with two attached hydrogens (primary N) is 1. The predicted molar refractivity (Wildman–Crippen MR) is 108 cm³/mol. The van der Waals surface area contributed by atoms with Crippen molar-refractivity contribution >= 4 is 45.1 Å². The zero-order valence-corrected chi connectivity index (χ0v) is 14.5. The standard InChI is InChI=1S/C20H18N4S/c21-19(25)24(20-22-17-7-3-4-8-18(17)23-20)12-11-14-9-10-15-5-1-2-6-16(15)13-14/h1-10,13H,11-12H2,(H2,21,25)(H,22,23). The lowest BCUT2D eigenvalue weighted by Gasteiger charge is -2.19. The van der Waals surface area contributed by atoms with Crippen molar-refractivity contribution in [2.75, 3.05) is 11.4 Å². The third-order valence-corrected chi connectivity index (χ3v) is 4.56. The Bertz CT molecular complexity index is 1020. The summed E-state index contributed by atoms with van der Waals surface area (Å²) in [5.74, 6) is 0.689. The van der Waals surface area contributed by atoms with Gasteiger partial charge in [0.1, 0.15) is 0 Å². The highest BCUT2D eigenvalue weighted by molar-refractivity contribution is 7.80. The molecular weight excluding hydrogens is 328 g/mol. The van der Waals surface area contributed by atoms with Crippen LogP contribution in [0.15, 0.2) is 66.7 Å². The molecule has 0 aliphatic carbocycles. The number of hydrogen-bond donors (Lipinski definition) is 2. The van der Waals surface area contributed by atoms with Gasteiger partial charge in [0.25, 0.3) is 0 Å². The van der Waals surface area contributed by atoms with Crippen molar-refractivity contribution in [2.24, 2.45) is 5.73 Å². The second-order valence-electron chi connectivity index (χ2n) is 6.00. The van der Waals surface area contributed by atoms with E-state index in [4.69, 9.17) is 18.0 Å². The molecule has 0 aliphatic rings. The number of H-pyrrole nitrogens is 1. The van der Waals surface area contributed by atoms with E-state index >= 15 is 0 Å². The first kappa shape index (κ1) is 15.6. The van der Waals surface area contributed by atoms with E-state index in [0.717, 1.165) is 17.5 Å². The van der Waals surface area contributed by atoms with Crippen molar-refractivity contribution < 1.29 is 0 Å². The molecule has 0 fully saturated rings. The third-order valence-electron chi connectivity index (χ3n) is 4.34. The maximum absolute atomic E-state index is 5.94. The van der Waals surface area contributed by atoms with Crippen LogP contribution in [0, 0.1) is 0 Å². The van der Waals surface area contributed by atoms with E-state index < -0.39 is 0 Å². The number of fused-ring (bicyclic) bond motifs is 2. The summed E-state index contributed by atoms with van der Waals surface area (Å²) in [6, 6.07) is 22.8. The second-order valence-corrected chi connectivity index (χ2v) is 6.42.